The zero-order valence-corrected chi connectivity index (χ0v) is 14.1. The minimum absolute atomic E-state index is 0.0352. The van der Waals surface area contributed by atoms with Crippen LogP contribution in [0.4, 0.5) is 0 Å². The Bertz CT molecular complexity index is 455. The van der Waals surface area contributed by atoms with Crippen LogP contribution in [0, 0.1) is 11.3 Å². The summed E-state index contributed by atoms with van der Waals surface area (Å²) in [5.41, 5.74) is 2.46. The van der Waals surface area contributed by atoms with Gasteiger partial charge >= 0.3 is 0 Å². The molecule has 114 valence electrons. The van der Waals surface area contributed by atoms with Gasteiger partial charge in [-0.25, -0.2) is 0 Å². The predicted molar refractivity (Wildman–Crippen MR) is 84.7 cm³/mol. The molecule has 0 aliphatic heterocycles. The first-order chi connectivity index (χ1) is 9.16. The van der Waals surface area contributed by atoms with Crippen molar-refractivity contribution in [1.82, 2.24) is 10.2 Å². The fourth-order valence-electron chi connectivity index (χ4n) is 1.53. The smallest absolute Gasteiger partial charge is 0.150 e. The molecule has 20 heavy (non-hydrogen) atoms. The summed E-state index contributed by atoms with van der Waals surface area (Å²) in [6.07, 6.45) is 0. The van der Waals surface area contributed by atoms with Gasteiger partial charge in [-0.1, -0.05) is 13.8 Å². The third-order valence-electron chi connectivity index (χ3n) is 2.78. The van der Waals surface area contributed by atoms with Gasteiger partial charge in [0.15, 0.2) is 0 Å². The Morgan fingerprint density at radius 1 is 1.45 bits per heavy atom. The molecule has 0 fully saturated rings. The SMILES string of the molecule is CC(C)C(N[S@@+]([O-])C(C)(C)C)c1cc(C(=N)NO)cs1. The van der Waals surface area contributed by atoms with Crippen LogP contribution in [0.1, 0.15) is 51.1 Å². The number of amidine groups is 1. The van der Waals surface area contributed by atoms with E-state index in [1.165, 1.54) is 11.3 Å². The maximum atomic E-state index is 12.3. The lowest BCUT2D eigenvalue weighted by Crippen LogP contribution is -2.42. The van der Waals surface area contributed by atoms with Crippen LogP contribution in [0.3, 0.4) is 0 Å². The molecule has 0 aliphatic rings. The second kappa shape index (κ2) is 6.91. The Kier molecular flexibility index (Phi) is 6.03. The molecule has 1 aromatic rings. The van der Waals surface area contributed by atoms with Crippen LogP contribution in [0.5, 0.6) is 0 Å². The Hall–Kier alpha value is -0.600. The van der Waals surface area contributed by atoms with Crippen LogP contribution >= 0.6 is 11.3 Å². The Labute approximate surface area is 127 Å². The lowest BCUT2D eigenvalue weighted by molar-refractivity contribution is 0.234. The highest BCUT2D eigenvalue weighted by molar-refractivity contribution is 7.90. The van der Waals surface area contributed by atoms with Gasteiger partial charge in [0.1, 0.15) is 10.6 Å². The first-order valence-electron chi connectivity index (χ1n) is 6.42. The van der Waals surface area contributed by atoms with E-state index in [0.717, 1.165) is 4.88 Å². The highest BCUT2D eigenvalue weighted by Crippen LogP contribution is 2.30. The Morgan fingerprint density at radius 2 is 2.05 bits per heavy atom. The molecule has 5 nitrogen and oxygen atoms in total. The number of thiophene rings is 1. The zero-order valence-electron chi connectivity index (χ0n) is 12.5. The van der Waals surface area contributed by atoms with Crippen LogP contribution in [-0.2, 0) is 11.4 Å². The molecule has 0 spiro atoms. The van der Waals surface area contributed by atoms with Crippen molar-refractivity contribution in [2.45, 2.75) is 45.4 Å². The van der Waals surface area contributed by atoms with Crippen molar-refractivity contribution in [3.05, 3.63) is 21.9 Å². The van der Waals surface area contributed by atoms with Gasteiger partial charge in [0, 0.05) is 27.2 Å². The van der Waals surface area contributed by atoms with Gasteiger partial charge in [-0.15, -0.1) is 16.1 Å². The second-order valence-electron chi connectivity index (χ2n) is 5.95. The number of rotatable bonds is 5. The van der Waals surface area contributed by atoms with E-state index in [9.17, 15) is 4.55 Å². The maximum absolute atomic E-state index is 12.3. The summed E-state index contributed by atoms with van der Waals surface area (Å²) < 4.78 is 15.1. The summed E-state index contributed by atoms with van der Waals surface area (Å²) in [5, 5.41) is 18.1. The molecule has 0 radical (unpaired) electrons. The predicted octanol–water partition coefficient (Wildman–Crippen LogP) is 2.80. The molecule has 4 N–H and O–H groups in total. The van der Waals surface area contributed by atoms with Crippen molar-refractivity contribution >= 4 is 28.5 Å². The first kappa shape index (κ1) is 17.5. The van der Waals surface area contributed by atoms with E-state index in [0.29, 0.717) is 5.56 Å². The monoisotopic (exact) mass is 317 g/mol. The van der Waals surface area contributed by atoms with Crippen molar-refractivity contribution in [2.24, 2.45) is 5.92 Å². The summed E-state index contributed by atoms with van der Waals surface area (Å²) in [6.45, 7) is 9.91. The van der Waals surface area contributed by atoms with Crippen LogP contribution in [-0.4, -0.2) is 20.3 Å². The average molecular weight is 317 g/mol. The number of nitrogens with one attached hydrogen (secondary N) is 3. The summed E-state index contributed by atoms with van der Waals surface area (Å²) in [5.74, 6) is 0.232. The Morgan fingerprint density at radius 3 is 2.50 bits per heavy atom. The van der Waals surface area contributed by atoms with Crippen LogP contribution in [0.2, 0.25) is 0 Å². The molecule has 0 bridgehead atoms. The van der Waals surface area contributed by atoms with Crippen LogP contribution in [0.25, 0.3) is 0 Å². The van der Waals surface area contributed by atoms with E-state index in [1.807, 2.05) is 32.3 Å². The number of hydrogen-bond donors (Lipinski definition) is 4. The van der Waals surface area contributed by atoms with Crippen LogP contribution in [0.15, 0.2) is 11.4 Å². The van der Waals surface area contributed by atoms with Gasteiger partial charge in [0.25, 0.3) is 0 Å². The largest absolute Gasteiger partial charge is 0.598 e. The highest BCUT2D eigenvalue weighted by atomic mass is 32.2. The number of hydroxylamine groups is 1. The van der Waals surface area contributed by atoms with E-state index < -0.39 is 11.4 Å². The van der Waals surface area contributed by atoms with Gasteiger partial charge in [0.05, 0.1) is 6.04 Å². The molecule has 1 rings (SSSR count). The third-order valence-corrected chi connectivity index (χ3v) is 5.38. The van der Waals surface area contributed by atoms with E-state index in [2.05, 4.69) is 18.6 Å². The molecule has 1 unspecified atom stereocenters. The molecule has 0 aromatic carbocycles. The van der Waals surface area contributed by atoms with E-state index in [-0.39, 0.29) is 22.5 Å². The fourth-order valence-corrected chi connectivity index (χ4v) is 3.71. The molecular weight excluding hydrogens is 294 g/mol. The van der Waals surface area contributed by atoms with Crippen molar-refractivity contribution in [2.75, 3.05) is 0 Å². The summed E-state index contributed by atoms with van der Waals surface area (Å²) in [4.78, 5) is 1.01. The molecule has 0 aliphatic carbocycles. The zero-order chi connectivity index (χ0) is 15.5. The van der Waals surface area contributed by atoms with E-state index in [1.54, 1.807) is 5.38 Å². The normalized spacial score (nSPS) is 15.2. The minimum atomic E-state index is -1.15. The molecule has 1 aromatic heterocycles. The van der Waals surface area contributed by atoms with Gasteiger partial charge in [-0.3, -0.25) is 16.1 Å². The molecule has 0 saturated heterocycles. The third kappa shape index (κ3) is 4.46. The minimum Gasteiger partial charge on any atom is -0.598 e. The number of hydrogen-bond acceptors (Lipinski definition) is 5. The van der Waals surface area contributed by atoms with Gasteiger partial charge in [0.2, 0.25) is 0 Å². The van der Waals surface area contributed by atoms with Crippen molar-refractivity contribution in [1.29, 1.82) is 5.41 Å². The lowest BCUT2D eigenvalue weighted by Gasteiger charge is -2.29. The van der Waals surface area contributed by atoms with E-state index >= 15 is 0 Å². The molecule has 7 heteroatoms. The topological polar surface area (TPSA) is 91.2 Å². The summed E-state index contributed by atoms with van der Waals surface area (Å²) in [7, 11) is 0. The second-order valence-corrected chi connectivity index (χ2v) is 8.89. The van der Waals surface area contributed by atoms with E-state index in [4.69, 9.17) is 10.6 Å². The van der Waals surface area contributed by atoms with Gasteiger partial charge in [-0.2, -0.15) is 0 Å². The standard InChI is InChI=1S/C13H23N3O2S2/c1-8(2)11(16-20(18)13(3,4)5)10-6-9(7-19-10)12(14)15-17/h6-8,11,16-17H,1-5H3,(H2,14,15)/t11?,20-/m0/s1. The molecule has 2 atom stereocenters. The molecule has 0 amide bonds. The van der Waals surface area contributed by atoms with Crippen molar-refractivity contribution in [3.63, 3.8) is 0 Å². The quantitative estimate of drug-likeness (QED) is 0.291. The average Bonchev–Trinajstić information content (AvgIpc) is 2.82. The fraction of sp³-hybridized carbons (Fsp3) is 0.615. The first-order valence-corrected chi connectivity index (χ1v) is 8.45. The molecular formula is C13H23N3O2S2. The maximum Gasteiger partial charge on any atom is 0.150 e. The summed E-state index contributed by atoms with van der Waals surface area (Å²) in [6, 6.07) is 1.80. The highest BCUT2D eigenvalue weighted by Gasteiger charge is 2.31. The van der Waals surface area contributed by atoms with Gasteiger partial charge in [-0.05, 0) is 32.8 Å². The van der Waals surface area contributed by atoms with Crippen molar-refractivity contribution < 1.29 is 9.76 Å². The Balaban J connectivity index is 2.92. The summed E-state index contributed by atoms with van der Waals surface area (Å²) >= 11 is 0.340. The van der Waals surface area contributed by atoms with Crippen molar-refractivity contribution in [3.8, 4) is 0 Å². The lowest BCUT2D eigenvalue weighted by atomic mass is 10.0. The molecule has 1 heterocycles. The van der Waals surface area contributed by atoms with Crippen LogP contribution < -0.4 is 10.2 Å². The van der Waals surface area contributed by atoms with Gasteiger partial charge < -0.3 is 4.55 Å². The molecule has 0 saturated carbocycles.